The predicted octanol–water partition coefficient (Wildman–Crippen LogP) is 7.25. The summed E-state index contributed by atoms with van der Waals surface area (Å²) in [5, 5.41) is 20.6. The zero-order chi connectivity index (χ0) is 27.6. The zero-order valence-electron chi connectivity index (χ0n) is 22.7. The molecule has 4 aliphatic carbocycles. The Morgan fingerprint density at radius 3 is 2.29 bits per heavy atom. The Kier molecular flexibility index (Phi) is 7.29. The normalized spacial score (nSPS) is 41.7. The Labute approximate surface area is 223 Å². The lowest BCUT2D eigenvalue weighted by atomic mass is 9.43. The second-order valence-electron chi connectivity index (χ2n) is 13.5. The van der Waals surface area contributed by atoms with Gasteiger partial charge in [-0.1, -0.05) is 39.7 Å². The number of benzene rings is 1. The van der Waals surface area contributed by atoms with Crippen LogP contribution in [0.25, 0.3) is 0 Å². The number of aliphatic hydroxyl groups is 2. The number of aliphatic hydroxyl groups excluding tert-OH is 2. The highest BCUT2D eigenvalue weighted by Crippen LogP contribution is 2.70. The summed E-state index contributed by atoms with van der Waals surface area (Å²) < 4.78 is 59.9. The molecule has 0 radical (unpaired) electrons. The lowest BCUT2D eigenvalue weighted by molar-refractivity contribution is -0.233. The summed E-state index contributed by atoms with van der Waals surface area (Å²) in [6.45, 7) is 6.36. The summed E-state index contributed by atoms with van der Waals surface area (Å²) in [5.74, 6) is -6.13. The Balaban J connectivity index is 1.28. The van der Waals surface area contributed by atoms with Crippen molar-refractivity contribution in [2.24, 2.45) is 46.3 Å². The van der Waals surface area contributed by atoms with Crippen LogP contribution < -0.4 is 0 Å². The van der Waals surface area contributed by atoms with E-state index in [4.69, 9.17) is 0 Å². The fourth-order valence-corrected chi connectivity index (χ4v) is 9.76. The maximum Gasteiger partial charge on any atom is 0.252 e. The molecular weight excluding hydrogens is 496 g/mol. The minimum absolute atomic E-state index is 0.110. The van der Waals surface area contributed by atoms with Crippen molar-refractivity contribution in [3.8, 4) is 0 Å². The van der Waals surface area contributed by atoms with Crippen LogP contribution in [0, 0.1) is 58.0 Å². The lowest BCUT2D eigenvalue weighted by Crippen LogP contribution is -2.63. The maximum absolute atomic E-state index is 15.9. The van der Waals surface area contributed by atoms with Crippen LogP contribution in [0.2, 0.25) is 0 Å². The quantitative estimate of drug-likeness (QED) is 0.375. The summed E-state index contributed by atoms with van der Waals surface area (Å²) in [6.07, 6.45) is 2.99. The second-order valence-corrected chi connectivity index (χ2v) is 13.5. The molecule has 3 nitrogen and oxygen atoms in total. The van der Waals surface area contributed by atoms with E-state index in [0.29, 0.717) is 25.7 Å². The van der Waals surface area contributed by atoms with Crippen LogP contribution in [0.4, 0.5) is 17.6 Å². The molecule has 5 rings (SSSR count). The van der Waals surface area contributed by atoms with Crippen molar-refractivity contribution in [1.82, 2.24) is 0 Å². The van der Waals surface area contributed by atoms with Crippen LogP contribution >= 0.6 is 0 Å². The minimum Gasteiger partial charge on any atom is -0.388 e. The maximum atomic E-state index is 15.9. The number of carbonyl (C=O) groups is 1. The van der Waals surface area contributed by atoms with Gasteiger partial charge in [-0.25, -0.2) is 17.6 Å². The molecule has 0 aromatic heterocycles. The third-order valence-electron chi connectivity index (χ3n) is 11.7. The smallest absolute Gasteiger partial charge is 0.252 e. The molecule has 38 heavy (non-hydrogen) atoms. The zero-order valence-corrected chi connectivity index (χ0v) is 22.7. The van der Waals surface area contributed by atoms with Gasteiger partial charge in [0.05, 0.1) is 11.7 Å². The number of hydrogen-bond donors (Lipinski definition) is 2. The van der Waals surface area contributed by atoms with Gasteiger partial charge in [-0.3, -0.25) is 4.79 Å². The molecule has 10 atom stereocenters. The Morgan fingerprint density at radius 2 is 1.61 bits per heavy atom. The van der Waals surface area contributed by atoms with Crippen LogP contribution in [0.1, 0.15) is 96.6 Å². The number of Topliss-reactive ketones (excluding diaryl/α,β-unsaturated/α-hetero) is 1. The van der Waals surface area contributed by atoms with E-state index in [-0.39, 0.29) is 46.9 Å². The van der Waals surface area contributed by atoms with Gasteiger partial charge in [0.25, 0.3) is 5.92 Å². The summed E-state index contributed by atoms with van der Waals surface area (Å²) in [4.78, 5) is 12.8. The van der Waals surface area contributed by atoms with Gasteiger partial charge in [0.1, 0.15) is 17.7 Å². The van der Waals surface area contributed by atoms with Crippen LogP contribution in [-0.4, -0.2) is 28.0 Å². The van der Waals surface area contributed by atoms with Crippen molar-refractivity contribution in [2.45, 2.75) is 103 Å². The average molecular weight is 539 g/mol. The van der Waals surface area contributed by atoms with Crippen molar-refractivity contribution in [3.63, 3.8) is 0 Å². The predicted molar refractivity (Wildman–Crippen MR) is 136 cm³/mol. The molecule has 4 saturated carbocycles. The topological polar surface area (TPSA) is 57.5 Å². The van der Waals surface area contributed by atoms with Crippen molar-refractivity contribution in [3.05, 3.63) is 35.4 Å². The monoisotopic (exact) mass is 538 g/mol. The standard InChI is InChI=1S/C31H42F4O3/c1-17(6-4-9-24(36)26-22(32)7-5-8-23(26)33)18-10-11-19-27-20(12-14-29(18,19)2)30(3)15-13-25(37)28(38)21(30)16-31(27,34)35/h5,7-8,17-21,24-25,27,36-37H,4,6,9-16H2,1-3H3/t17-,18-,19+,20+,21+,24?,25+,27+,29-,30-/m1/s1. The van der Waals surface area contributed by atoms with Crippen molar-refractivity contribution in [1.29, 1.82) is 0 Å². The number of alkyl halides is 2. The van der Waals surface area contributed by atoms with Gasteiger partial charge < -0.3 is 10.2 Å². The van der Waals surface area contributed by atoms with E-state index >= 15 is 8.78 Å². The van der Waals surface area contributed by atoms with Crippen molar-refractivity contribution < 1.29 is 32.6 Å². The number of rotatable bonds is 6. The molecule has 1 unspecified atom stereocenters. The molecule has 0 spiro atoms. The fraction of sp³-hybridized carbons (Fsp3) is 0.774. The summed E-state index contributed by atoms with van der Waals surface area (Å²) in [5.41, 5.74) is -0.987. The van der Waals surface area contributed by atoms with Crippen molar-refractivity contribution >= 4 is 5.78 Å². The molecule has 0 heterocycles. The summed E-state index contributed by atoms with van der Waals surface area (Å²) >= 11 is 0. The van der Waals surface area contributed by atoms with Gasteiger partial charge in [-0.15, -0.1) is 0 Å². The molecule has 0 saturated heterocycles. The van der Waals surface area contributed by atoms with Gasteiger partial charge >= 0.3 is 0 Å². The number of halogens is 4. The molecule has 212 valence electrons. The molecule has 1 aromatic rings. The van der Waals surface area contributed by atoms with Crippen LogP contribution in [0.3, 0.4) is 0 Å². The highest BCUT2D eigenvalue weighted by atomic mass is 19.3. The molecule has 1 aromatic carbocycles. The number of carbonyl (C=O) groups excluding carboxylic acids is 1. The van der Waals surface area contributed by atoms with E-state index in [1.165, 1.54) is 6.07 Å². The highest BCUT2D eigenvalue weighted by molar-refractivity contribution is 5.87. The Bertz CT molecular complexity index is 1040. The molecule has 0 bridgehead atoms. The number of hydrogen-bond acceptors (Lipinski definition) is 3. The third-order valence-corrected chi connectivity index (χ3v) is 11.7. The molecule has 2 N–H and O–H groups in total. The largest absolute Gasteiger partial charge is 0.388 e. The van der Waals surface area contributed by atoms with Crippen LogP contribution in [0.15, 0.2) is 18.2 Å². The first-order valence-corrected chi connectivity index (χ1v) is 14.5. The highest BCUT2D eigenvalue weighted by Gasteiger charge is 2.69. The van der Waals surface area contributed by atoms with Gasteiger partial charge in [0, 0.05) is 18.3 Å². The average Bonchev–Trinajstić information content (AvgIpc) is 3.20. The molecule has 0 aliphatic heterocycles. The first-order valence-electron chi connectivity index (χ1n) is 14.5. The fourth-order valence-electron chi connectivity index (χ4n) is 9.76. The second kappa shape index (κ2) is 9.87. The van der Waals surface area contributed by atoms with Crippen LogP contribution in [-0.2, 0) is 4.79 Å². The molecular formula is C31H42F4O3. The summed E-state index contributed by atoms with van der Waals surface area (Å²) in [6, 6.07) is 3.57. The third kappa shape index (κ3) is 4.34. The molecule has 7 heteroatoms. The van der Waals surface area contributed by atoms with Gasteiger partial charge in [-0.2, -0.15) is 0 Å². The van der Waals surface area contributed by atoms with Gasteiger partial charge in [-0.05, 0) is 91.6 Å². The summed E-state index contributed by atoms with van der Waals surface area (Å²) in [7, 11) is 0. The first-order chi connectivity index (χ1) is 17.8. The number of ketones is 1. The van der Waals surface area contributed by atoms with Gasteiger partial charge in [0.15, 0.2) is 5.78 Å². The SMILES string of the molecule is C[C@H](CCCC(O)c1c(F)cccc1F)[C@H]1CC[C@H]2[C@H]3[C@H](CC[C@]12C)[C@@]1(C)CC[C@H](O)C(=O)[C@@H]1CC3(F)F. The number of fused-ring (bicyclic) bond motifs is 5. The van der Waals surface area contributed by atoms with E-state index in [1.807, 2.05) is 6.92 Å². The lowest BCUT2D eigenvalue weighted by Gasteiger charge is -2.62. The Hall–Kier alpha value is -1.47. The van der Waals surface area contributed by atoms with E-state index in [1.54, 1.807) is 0 Å². The van der Waals surface area contributed by atoms with Crippen LogP contribution in [0.5, 0.6) is 0 Å². The van der Waals surface area contributed by atoms with E-state index in [0.717, 1.165) is 37.8 Å². The van der Waals surface area contributed by atoms with Crippen molar-refractivity contribution in [2.75, 3.05) is 0 Å². The minimum atomic E-state index is -2.93. The van der Waals surface area contributed by atoms with E-state index < -0.39 is 53.4 Å². The van der Waals surface area contributed by atoms with Gasteiger partial charge in [0.2, 0.25) is 0 Å². The molecule has 4 fully saturated rings. The van der Waals surface area contributed by atoms with E-state index in [9.17, 15) is 23.8 Å². The first kappa shape index (κ1) is 28.1. The molecule has 4 aliphatic rings. The Morgan fingerprint density at radius 1 is 0.974 bits per heavy atom. The molecule has 0 amide bonds. The van der Waals surface area contributed by atoms with E-state index in [2.05, 4.69) is 13.8 Å².